The highest BCUT2D eigenvalue weighted by Gasteiger charge is 2.37. The van der Waals surface area contributed by atoms with Crippen LogP contribution in [0.2, 0.25) is 0 Å². The molecule has 0 radical (unpaired) electrons. The van der Waals surface area contributed by atoms with Gasteiger partial charge in [-0.2, -0.15) is 0 Å². The van der Waals surface area contributed by atoms with Gasteiger partial charge < -0.3 is 10.2 Å². The van der Waals surface area contributed by atoms with E-state index >= 15 is 0 Å². The number of benzene rings is 2. The van der Waals surface area contributed by atoms with E-state index in [-0.39, 0.29) is 16.7 Å². The lowest BCUT2D eigenvalue weighted by Crippen LogP contribution is -2.26. The largest absolute Gasteiger partial charge is 0.507 e. The Morgan fingerprint density at radius 1 is 0.667 bits per heavy atom. The summed E-state index contributed by atoms with van der Waals surface area (Å²) in [5, 5.41) is 23.3. The monoisotopic (exact) mass is 450 g/mol. The second-order valence-electron chi connectivity index (χ2n) is 13.2. The van der Waals surface area contributed by atoms with E-state index < -0.39 is 0 Å². The standard InChI is InChI=1S/C31H46O2/c1-18-11-19(2)13-22(12-18)27(23-14-20(3)16-25(28(23)32)30(5,6)7)24-15-21(4)17-26(29(24)33)31(8,9)10/h14-19,22,27,32-33H,11-13H2,1-10H3. The zero-order chi connectivity index (χ0) is 24.9. The number of aromatic hydroxyl groups is 2. The maximum atomic E-state index is 11.7. The van der Waals surface area contributed by atoms with Crippen molar-refractivity contribution in [2.75, 3.05) is 0 Å². The van der Waals surface area contributed by atoms with Crippen LogP contribution in [0.25, 0.3) is 0 Å². The van der Waals surface area contributed by atoms with Crippen LogP contribution in [0.4, 0.5) is 0 Å². The Balaban J connectivity index is 2.33. The number of hydrogen-bond donors (Lipinski definition) is 2. The Kier molecular flexibility index (Phi) is 7.00. The molecular formula is C31H46O2. The molecule has 0 spiro atoms. The number of phenols is 2. The van der Waals surface area contributed by atoms with Crippen molar-refractivity contribution in [3.8, 4) is 11.5 Å². The normalized spacial score (nSPS) is 22.1. The summed E-state index contributed by atoms with van der Waals surface area (Å²) in [6.07, 6.45) is 3.49. The summed E-state index contributed by atoms with van der Waals surface area (Å²) in [5.74, 6) is 2.44. The molecule has 3 rings (SSSR count). The van der Waals surface area contributed by atoms with Gasteiger partial charge in [-0.1, -0.05) is 90.8 Å². The summed E-state index contributed by atoms with van der Waals surface area (Å²) in [4.78, 5) is 0. The minimum atomic E-state index is -0.159. The van der Waals surface area contributed by atoms with Crippen molar-refractivity contribution in [3.05, 3.63) is 57.6 Å². The highest BCUT2D eigenvalue weighted by molar-refractivity contribution is 5.56. The molecule has 2 unspecified atom stereocenters. The van der Waals surface area contributed by atoms with Crippen LogP contribution in [0.1, 0.15) is 114 Å². The third-order valence-electron chi connectivity index (χ3n) is 7.54. The van der Waals surface area contributed by atoms with Gasteiger partial charge in [-0.3, -0.25) is 0 Å². The molecule has 1 saturated carbocycles. The molecule has 0 bridgehead atoms. The van der Waals surface area contributed by atoms with Gasteiger partial charge in [0.2, 0.25) is 0 Å². The topological polar surface area (TPSA) is 40.5 Å². The lowest BCUT2D eigenvalue weighted by Gasteiger charge is -2.39. The minimum Gasteiger partial charge on any atom is -0.507 e. The fraction of sp³-hybridized carbons (Fsp3) is 0.613. The van der Waals surface area contributed by atoms with Gasteiger partial charge in [0, 0.05) is 17.0 Å². The third-order valence-corrected chi connectivity index (χ3v) is 7.54. The molecule has 2 aromatic rings. The lowest BCUT2D eigenvalue weighted by molar-refractivity contribution is 0.200. The second kappa shape index (κ2) is 9.01. The molecule has 33 heavy (non-hydrogen) atoms. The van der Waals surface area contributed by atoms with Crippen LogP contribution in [0.3, 0.4) is 0 Å². The summed E-state index contributed by atoms with van der Waals surface area (Å²) in [6.45, 7) is 21.9. The van der Waals surface area contributed by atoms with Crippen LogP contribution in [-0.4, -0.2) is 10.2 Å². The first kappa shape index (κ1) is 25.7. The van der Waals surface area contributed by atoms with Crippen LogP contribution in [0, 0.1) is 31.6 Å². The van der Waals surface area contributed by atoms with Gasteiger partial charge in [0.1, 0.15) is 11.5 Å². The lowest BCUT2D eigenvalue weighted by atomic mass is 9.66. The molecule has 2 heteroatoms. The van der Waals surface area contributed by atoms with Crippen molar-refractivity contribution in [2.24, 2.45) is 17.8 Å². The van der Waals surface area contributed by atoms with Gasteiger partial charge in [0.15, 0.2) is 0 Å². The first-order chi connectivity index (χ1) is 15.1. The van der Waals surface area contributed by atoms with E-state index in [1.807, 2.05) is 0 Å². The number of rotatable bonds is 3. The number of hydrogen-bond acceptors (Lipinski definition) is 2. The van der Waals surface area contributed by atoms with Crippen molar-refractivity contribution >= 4 is 0 Å². The Hall–Kier alpha value is -1.96. The van der Waals surface area contributed by atoms with E-state index in [4.69, 9.17) is 0 Å². The Labute approximate surface area is 202 Å². The summed E-state index contributed by atoms with van der Waals surface area (Å²) >= 11 is 0. The molecule has 2 N–H and O–H groups in total. The summed E-state index contributed by atoms with van der Waals surface area (Å²) in [7, 11) is 0. The van der Waals surface area contributed by atoms with Gasteiger partial charge in [0.05, 0.1) is 0 Å². The highest BCUT2D eigenvalue weighted by Crippen LogP contribution is 2.51. The van der Waals surface area contributed by atoms with E-state index in [1.165, 1.54) is 6.42 Å². The Morgan fingerprint density at radius 2 is 1.03 bits per heavy atom. The molecule has 2 atom stereocenters. The number of aryl methyl sites for hydroxylation is 2. The van der Waals surface area contributed by atoms with Crippen molar-refractivity contribution in [2.45, 2.75) is 105 Å². The average molecular weight is 451 g/mol. The van der Waals surface area contributed by atoms with Gasteiger partial charge in [0.25, 0.3) is 0 Å². The van der Waals surface area contributed by atoms with Crippen molar-refractivity contribution < 1.29 is 10.2 Å². The number of phenolic OH excluding ortho intramolecular Hbond substituents is 2. The van der Waals surface area contributed by atoms with Crippen LogP contribution in [-0.2, 0) is 10.8 Å². The predicted octanol–water partition coefficient (Wildman–Crippen LogP) is 8.51. The zero-order valence-corrected chi connectivity index (χ0v) is 22.6. The zero-order valence-electron chi connectivity index (χ0n) is 22.6. The molecule has 0 amide bonds. The smallest absolute Gasteiger partial charge is 0.123 e. The van der Waals surface area contributed by atoms with E-state index in [1.54, 1.807) is 0 Å². The van der Waals surface area contributed by atoms with E-state index in [9.17, 15) is 10.2 Å². The van der Waals surface area contributed by atoms with Crippen LogP contribution in [0.15, 0.2) is 24.3 Å². The molecule has 2 nitrogen and oxygen atoms in total. The molecule has 1 fully saturated rings. The Morgan fingerprint density at radius 3 is 1.36 bits per heavy atom. The van der Waals surface area contributed by atoms with Crippen LogP contribution >= 0.6 is 0 Å². The summed E-state index contributed by atoms with van der Waals surface area (Å²) < 4.78 is 0. The van der Waals surface area contributed by atoms with Crippen LogP contribution in [0.5, 0.6) is 11.5 Å². The summed E-state index contributed by atoms with van der Waals surface area (Å²) in [5.41, 5.74) is 5.95. The third kappa shape index (κ3) is 5.42. The van der Waals surface area contributed by atoms with E-state index in [0.717, 1.165) is 46.2 Å². The first-order valence-corrected chi connectivity index (χ1v) is 12.8. The van der Waals surface area contributed by atoms with Gasteiger partial charge >= 0.3 is 0 Å². The second-order valence-corrected chi connectivity index (χ2v) is 13.2. The van der Waals surface area contributed by atoms with E-state index in [0.29, 0.717) is 29.3 Å². The van der Waals surface area contributed by atoms with E-state index in [2.05, 4.69) is 93.5 Å². The molecule has 2 aromatic carbocycles. The SMILES string of the molecule is Cc1cc(C(c2cc(C)cc(C(C)(C)C)c2O)C2CC(C)CC(C)C2)c(O)c(C(C)(C)C)c1. The maximum absolute atomic E-state index is 11.7. The van der Waals surface area contributed by atoms with Gasteiger partial charge in [-0.25, -0.2) is 0 Å². The van der Waals surface area contributed by atoms with Gasteiger partial charge in [-0.15, -0.1) is 0 Å². The summed E-state index contributed by atoms with van der Waals surface area (Å²) in [6, 6.07) is 8.58. The molecule has 0 heterocycles. The minimum absolute atomic E-state index is 0.0304. The van der Waals surface area contributed by atoms with Crippen LogP contribution < -0.4 is 0 Å². The fourth-order valence-electron chi connectivity index (χ4n) is 6.19. The quantitative estimate of drug-likeness (QED) is 0.492. The van der Waals surface area contributed by atoms with Crippen molar-refractivity contribution in [1.82, 2.24) is 0 Å². The fourth-order valence-corrected chi connectivity index (χ4v) is 6.19. The molecular weight excluding hydrogens is 404 g/mol. The highest BCUT2D eigenvalue weighted by atomic mass is 16.3. The molecule has 1 aliphatic carbocycles. The molecule has 0 saturated heterocycles. The maximum Gasteiger partial charge on any atom is 0.123 e. The van der Waals surface area contributed by atoms with Crippen molar-refractivity contribution in [3.63, 3.8) is 0 Å². The molecule has 0 aromatic heterocycles. The first-order valence-electron chi connectivity index (χ1n) is 12.8. The average Bonchev–Trinajstić information content (AvgIpc) is 2.64. The molecule has 0 aliphatic heterocycles. The Bertz CT molecular complexity index is 924. The van der Waals surface area contributed by atoms with Gasteiger partial charge in [-0.05, 0) is 72.8 Å². The molecule has 1 aliphatic rings. The predicted molar refractivity (Wildman–Crippen MR) is 141 cm³/mol. The van der Waals surface area contributed by atoms with Crippen molar-refractivity contribution in [1.29, 1.82) is 0 Å². The molecule has 182 valence electrons.